The standard InChI is InChI=1S/C25H26N4O5/c1-15-12-17(19-4-2-3-5-21(19)27-15)14-34-18-8-6-16(7-9-18)24(31)28-22-10-11-23(30)26-13-20(22)25(32)29-33/h2-9,12,20,22,33H,10-11,13-14H2,1H3,(H,26,30)(H,28,31)(H,29,32)/t20-,22+/m0/s1. The van der Waals surface area contributed by atoms with Crippen LogP contribution in [0.1, 0.15) is 34.5 Å². The summed E-state index contributed by atoms with van der Waals surface area (Å²) in [6.07, 6.45) is 0.465. The van der Waals surface area contributed by atoms with Gasteiger partial charge in [0.1, 0.15) is 12.4 Å². The quantitative estimate of drug-likeness (QED) is 0.328. The van der Waals surface area contributed by atoms with E-state index in [0.29, 0.717) is 17.9 Å². The number of hydrogen-bond acceptors (Lipinski definition) is 6. The number of rotatable bonds is 6. The average molecular weight is 463 g/mol. The van der Waals surface area contributed by atoms with Crippen LogP contribution in [0.15, 0.2) is 54.6 Å². The largest absolute Gasteiger partial charge is 0.489 e. The molecule has 1 aromatic heterocycles. The smallest absolute Gasteiger partial charge is 0.251 e. The second-order valence-corrected chi connectivity index (χ2v) is 8.26. The summed E-state index contributed by atoms with van der Waals surface area (Å²) in [5.41, 5.74) is 4.85. The average Bonchev–Trinajstić information content (AvgIpc) is 3.03. The van der Waals surface area contributed by atoms with Gasteiger partial charge in [-0.3, -0.25) is 24.6 Å². The van der Waals surface area contributed by atoms with Gasteiger partial charge in [0, 0.05) is 41.2 Å². The van der Waals surface area contributed by atoms with Gasteiger partial charge in [-0.25, -0.2) is 5.48 Å². The number of hydroxylamine groups is 1. The molecule has 4 rings (SSSR count). The van der Waals surface area contributed by atoms with Gasteiger partial charge in [0.05, 0.1) is 11.4 Å². The number of hydrogen-bond donors (Lipinski definition) is 4. The maximum Gasteiger partial charge on any atom is 0.251 e. The van der Waals surface area contributed by atoms with Crippen molar-refractivity contribution in [3.8, 4) is 5.75 Å². The Hall–Kier alpha value is -3.98. The molecule has 1 aliphatic heterocycles. The summed E-state index contributed by atoms with van der Waals surface area (Å²) < 4.78 is 5.95. The van der Waals surface area contributed by atoms with Gasteiger partial charge in [0.2, 0.25) is 11.8 Å². The van der Waals surface area contributed by atoms with Crippen LogP contribution in [-0.4, -0.2) is 40.5 Å². The van der Waals surface area contributed by atoms with Crippen molar-refractivity contribution in [2.24, 2.45) is 5.92 Å². The molecule has 0 spiro atoms. The van der Waals surface area contributed by atoms with Crippen LogP contribution in [0.2, 0.25) is 0 Å². The summed E-state index contributed by atoms with van der Waals surface area (Å²) in [7, 11) is 0. The first kappa shape index (κ1) is 23.2. The Bertz CT molecular complexity index is 1210. The van der Waals surface area contributed by atoms with E-state index >= 15 is 0 Å². The summed E-state index contributed by atoms with van der Waals surface area (Å²) >= 11 is 0. The summed E-state index contributed by atoms with van der Waals surface area (Å²) in [5, 5.41) is 15.5. The minimum atomic E-state index is -0.776. The molecule has 1 aliphatic rings. The molecule has 0 unspecified atom stereocenters. The molecule has 1 fully saturated rings. The van der Waals surface area contributed by atoms with Crippen LogP contribution in [0, 0.1) is 12.8 Å². The highest BCUT2D eigenvalue weighted by molar-refractivity contribution is 5.95. The molecule has 9 heteroatoms. The zero-order chi connectivity index (χ0) is 24.1. The Balaban J connectivity index is 1.42. The number of aromatic nitrogens is 1. The number of pyridine rings is 1. The third kappa shape index (κ3) is 5.32. The van der Waals surface area contributed by atoms with E-state index in [1.165, 1.54) is 0 Å². The Labute approximate surface area is 196 Å². The van der Waals surface area contributed by atoms with Crippen LogP contribution in [0.3, 0.4) is 0 Å². The van der Waals surface area contributed by atoms with Crippen molar-refractivity contribution in [3.05, 3.63) is 71.4 Å². The van der Waals surface area contributed by atoms with Gasteiger partial charge in [-0.2, -0.15) is 0 Å². The van der Waals surface area contributed by atoms with Crippen LogP contribution in [0.25, 0.3) is 10.9 Å². The van der Waals surface area contributed by atoms with Gasteiger partial charge in [-0.15, -0.1) is 0 Å². The van der Waals surface area contributed by atoms with Crippen LogP contribution in [-0.2, 0) is 16.2 Å². The molecule has 3 aromatic rings. The number of aryl methyl sites for hydroxylation is 1. The van der Waals surface area contributed by atoms with Crippen LogP contribution < -0.4 is 20.9 Å². The first-order chi connectivity index (χ1) is 16.4. The van der Waals surface area contributed by atoms with Gasteiger partial charge in [0.25, 0.3) is 5.91 Å². The molecule has 0 bridgehead atoms. The highest BCUT2D eigenvalue weighted by atomic mass is 16.5. The second-order valence-electron chi connectivity index (χ2n) is 8.26. The monoisotopic (exact) mass is 462 g/mol. The predicted octanol–water partition coefficient (Wildman–Crippen LogP) is 2.25. The fourth-order valence-corrected chi connectivity index (χ4v) is 4.10. The van der Waals surface area contributed by atoms with Crippen molar-refractivity contribution < 1.29 is 24.3 Å². The molecule has 2 aromatic carbocycles. The molecule has 2 atom stereocenters. The van der Waals surface area contributed by atoms with Crippen molar-refractivity contribution in [1.82, 2.24) is 21.1 Å². The molecule has 0 radical (unpaired) electrons. The lowest BCUT2D eigenvalue weighted by molar-refractivity contribution is -0.134. The number of carbonyl (C=O) groups is 3. The molecule has 0 saturated carbocycles. The summed E-state index contributed by atoms with van der Waals surface area (Å²) in [5.74, 6) is -1.41. The maximum atomic E-state index is 12.8. The van der Waals surface area contributed by atoms with E-state index in [0.717, 1.165) is 22.2 Å². The number of nitrogens with one attached hydrogen (secondary N) is 3. The Morgan fingerprint density at radius 3 is 2.71 bits per heavy atom. The molecule has 1 saturated heterocycles. The van der Waals surface area contributed by atoms with Gasteiger partial charge >= 0.3 is 0 Å². The molecular formula is C25H26N4O5. The molecule has 9 nitrogen and oxygen atoms in total. The van der Waals surface area contributed by atoms with E-state index in [1.807, 2.05) is 37.3 Å². The van der Waals surface area contributed by atoms with Gasteiger partial charge in [-0.1, -0.05) is 18.2 Å². The van der Waals surface area contributed by atoms with Gasteiger partial charge in [-0.05, 0) is 49.7 Å². The zero-order valence-electron chi connectivity index (χ0n) is 18.7. The number of ether oxygens (including phenoxy) is 1. The molecular weight excluding hydrogens is 436 g/mol. The Morgan fingerprint density at radius 1 is 1.18 bits per heavy atom. The van der Waals surface area contributed by atoms with Crippen molar-refractivity contribution in [2.75, 3.05) is 6.54 Å². The highest BCUT2D eigenvalue weighted by Crippen LogP contribution is 2.21. The minimum absolute atomic E-state index is 0.0338. The molecule has 0 aliphatic carbocycles. The molecule has 34 heavy (non-hydrogen) atoms. The Kier molecular flexibility index (Phi) is 7.03. The van der Waals surface area contributed by atoms with E-state index in [9.17, 15) is 14.4 Å². The zero-order valence-corrected chi connectivity index (χ0v) is 18.7. The van der Waals surface area contributed by atoms with E-state index in [1.54, 1.807) is 29.7 Å². The lowest BCUT2D eigenvalue weighted by Gasteiger charge is -2.24. The minimum Gasteiger partial charge on any atom is -0.489 e. The number of nitrogens with zero attached hydrogens (tertiary/aromatic N) is 1. The highest BCUT2D eigenvalue weighted by Gasteiger charge is 2.32. The lowest BCUT2D eigenvalue weighted by Crippen LogP contribution is -2.48. The lowest BCUT2D eigenvalue weighted by atomic mass is 9.95. The van der Waals surface area contributed by atoms with Crippen molar-refractivity contribution >= 4 is 28.6 Å². The normalized spacial score (nSPS) is 18.0. The number of amides is 3. The van der Waals surface area contributed by atoms with Gasteiger partial charge in [0.15, 0.2) is 0 Å². The SMILES string of the molecule is Cc1cc(COc2ccc(C(=O)N[C@@H]3CCC(=O)NC[C@@H]3C(=O)NO)cc2)c2ccccc2n1. The van der Waals surface area contributed by atoms with Crippen molar-refractivity contribution in [2.45, 2.75) is 32.4 Å². The summed E-state index contributed by atoms with van der Waals surface area (Å²) in [4.78, 5) is 41.0. The first-order valence-electron chi connectivity index (χ1n) is 11.0. The number of fused-ring (bicyclic) bond motifs is 1. The van der Waals surface area contributed by atoms with Gasteiger partial charge < -0.3 is 15.4 Å². The van der Waals surface area contributed by atoms with Crippen LogP contribution in [0.4, 0.5) is 0 Å². The first-order valence-corrected chi connectivity index (χ1v) is 11.0. The molecule has 2 heterocycles. The maximum absolute atomic E-state index is 12.8. The van der Waals surface area contributed by atoms with Crippen LogP contribution in [0.5, 0.6) is 5.75 Å². The summed E-state index contributed by atoms with van der Waals surface area (Å²) in [6, 6.07) is 16.0. The predicted molar refractivity (Wildman–Crippen MR) is 124 cm³/mol. The Morgan fingerprint density at radius 2 is 1.94 bits per heavy atom. The number of para-hydroxylation sites is 1. The van der Waals surface area contributed by atoms with Crippen molar-refractivity contribution in [3.63, 3.8) is 0 Å². The number of carbonyl (C=O) groups excluding carboxylic acids is 3. The third-order valence-corrected chi connectivity index (χ3v) is 5.89. The van der Waals surface area contributed by atoms with E-state index in [4.69, 9.17) is 9.94 Å². The summed E-state index contributed by atoms with van der Waals surface area (Å²) in [6.45, 7) is 2.33. The molecule has 176 valence electrons. The topological polar surface area (TPSA) is 130 Å². The van der Waals surface area contributed by atoms with Crippen molar-refractivity contribution in [1.29, 1.82) is 0 Å². The number of benzene rings is 2. The third-order valence-electron chi connectivity index (χ3n) is 5.89. The fraction of sp³-hybridized carbons (Fsp3) is 0.280. The fourth-order valence-electron chi connectivity index (χ4n) is 4.10. The molecule has 4 N–H and O–H groups in total. The second kappa shape index (κ2) is 10.3. The van der Waals surface area contributed by atoms with E-state index < -0.39 is 17.9 Å². The molecule has 3 amide bonds. The van der Waals surface area contributed by atoms with Crippen LogP contribution >= 0.6 is 0 Å². The van der Waals surface area contributed by atoms with E-state index in [-0.39, 0.29) is 31.2 Å². The van der Waals surface area contributed by atoms with E-state index in [2.05, 4.69) is 15.6 Å².